The van der Waals surface area contributed by atoms with E-state index in [1.165, 1.54) is 18.2 Å². The highest BCUT2D eigenvalue weighted by molar-refractivity contribution is 9.10. The van der Waals surface area contributed by atoms with E-state index >= 15 is 0 Å². The molecule has 0 bridgehead atoms. The number of urea groups is 1. The maximum Gasteiger partial charge on any atom is 0.323 e. The van der Waals surface area contributed by atoms with Gasteiger partial charge in [0.25, 0.3) is 0 Å². The van der Waals surface area contributed by atoms with Crippen molar-refractivity contribution < 1.29 is 9.18 Å². The summed E-state index contributed by atoms with van der Waals surface area (Å²) >= 11 is 3.16. The van der Waals surface area contributed by atoms with Gasteiger partial charge in [-0.15, -0.1) is 0 Å². The molecular weight excluding hydrogens is 325 g/mol. The van der Waals surface area contributed by atoms with E-state index in [-0.39, 0.29) is 0 Å². The summed E-state index contributed by atoms with van der Waals surface area (Å²) in [6.45, 7) is 0. The van der Waals surface area contributed by atoms with Crippen molar-refractivity contribution in [1.82, 2.24) is 0 Å². The number of rotatable bonds is 2. The molecule has 6 heteroatoms. The molecule has 0 aliphatic rings. The number of halogens is 2. The van der Waals surface area contributed by atoms with Crippen LogP contribution in [0.4, 0.5) is 20.6 Å². The number of hydrogen-bond donors (Lipinski definition) is 2. The lowest BCUT2D eigenvalue weighted by atomic mass is 10.2. The molecule has 0 aliphatic heterocycles. The molecule has 0 saturated heterocycles. The van der Waals surface area contributed by atoms with Gasteiger partial charge >= 0.3 is 6.03 Å². The van der Waals surface area contributed by atoms with Gasteiger partial charge in [-0.05, 0) is 52.3 Å². The van der Waals surface area contributed by atoms with E-state index in [0.717, 1.165) is 0 Å². The van der Waals surface area contributed by atoms with E-state index in [1.807, 2.05) is 6.07 Å². The Morgan fingerprint density at radius 1 is 1.20 bits per heavy atom. The van der Waals surface area contributed by atoms with Crippen LogP contribution in [0.1, 0.15) is 5.56 Å². The lowest BCUT2D eigenvalue weighted by Crippen LogP contribution is -2.19. The van der Waals surface area contributed by atoms with Crippen molar-refractivity contribution in [2.75, 3.05) is 10.6 Å². The summed E-state index contributed by atoms with van der Waals surface area (Å²) in [6, 6.07) is 12.0. The molecule has 0 fully saturated rings. The molecule has 100 valence electrons. The smallest absolute Gasteiger partial charge is 0.308 e. The first-order valence-corrected chi connectivity index (χ1v) is 6.41. The maximum absolute atomic E-state index is 12.9. The third-order valence-corrected chi connectivity index (χ3v) is 3.08. The first-order chi connectivity index (χ1) is 9.58. The molecule has 0 aromatic heterocycles. The predicted octanol–water partition coefficient (Wildman–Crippen LogP) is 4.10. The van der Waals surface area contributed by atoms with Crippen molar-refractivity contribution in [3.05, 3.63) is 58.3 Å². The Balaban J connectivity index is 2.07. The molecule has 2 aromatic carbocycles. The summed E-state index contributed by atoms with van der Waals surface area (Å²) in [5, 5.41) is 13.9. The first kappa shape index (κ1) is 14.0. The highest BCUT2D eigenvalue weighted by atomic mass is 79.9. The van der Waals surface area contributed by atoms with Crippen molar-refractivity contribution in [2.45, 2.75) is 0 Å². The Kier molecular flexibility index (Phi) is 4.33. The molecule has 2 aromatic rings. The monoisotopic (exact) mass is 333 g/mol. The van der Waals surface area contributed by atoms with Crippen LogP contribution < -0.4 is 10.6 Å². The fourth-order valence-corrected chi connectivity index (χ4v) is 1.99. The number of nitrogens with one attached hydrogen (secondary N) is 2. The minimum absolute atomic E-state index is 0.399. The van der Waals surface area contributed by atoms with Crippen LogP contribution in [0.3, 0.4) is 0 Å². The van der Waals surface area contributed by atoms with E-state index in [1.54, 1.807) is 24.3 Å². The van der Waals surface area contributed by atoms with Gasteiger partial charge in [0, 0.05) is 10.2 Å². The minimum atomic E-state index is -0.479. The predicted molar refractivity (Wildman–Crippen MR) is 77.9 cm³/mol. The average Bonchev–Trinajstić information content (AvgIpc) is 2.42. The molecular formula is C14H9BrFN3O. The molecule has 0 heterocycles. The van der Waals surface area contributed by atoms with Crippen molar-refractivity contribution in [3.63, 3.8) is 0 Å². The number of benzene rings is 2. The zero-order chi connectivity index (χ0) is 14.5. The van der Waals surface area contributed by atoms with Gasteiger partial charge in [-0.25, -0.2) is 9.18 Å². The van der Waals surface area contributed by atoms with E-state index in [2.05, 4.69) is 26.6 Å². The van der Waals surface area contributed by atoms with Crippen LogP contribution in [0.2, 0.25) is 0 Å². The largest absolute Gasteiger partial charge is 0.323 e. The SMILES string of the molecule is N#Cc1cccc(NC(=O)Nc2ccc(F)cc2Br)c1. The summed E-state index contributed by atoms with van der Waals surface area (Å²) in [5.74, 6) is -0.399. The standard InChI is InChI=1S/C14H9BrFN3O/c15-12-7-10(16)4-5-13(12)19-14(20)18-11-3-1-2-9(6-11)8-17/h1-7H,(H2,18,19,20). The fraction of sp³-hybridized carbons (Fsp3) is 0. The van der Waals surface area contributed by atoms with Gasteiger partial charge in [0.2, 0.25) is 0 Å². The van der Waals surface area contributed by atoms with Gasteiger partial charge in [-0.2, -0.15) is 5.26 Å². The summed E-state index contributed by atoms with van der Waals surface area (Å²) in [4.78, 5) is 11.8. The molecule has 20 heavy (non-hydrogen) atoms. The van der Waals surface area contributed by atoms with E-state index in [4.69, 9.17) is 5.26 Å². The quantitative estimate of drug-likeness (QED) is 0.868. The van der Waals surface area contributed by atoms with Crippen molar-refractivity contribution in [3.8, 4) is 6.07 Å². The third kappa shape index (κ3) is 3.56. The lowest BCUT2D eigenvalue weighted by molar-refractivity contribution is 0.262. The third-order valence-electron chi connectivity index (χ3n) is 2.43. The number of amides is 2. The molecule has 2 rings (SSSR count). The van der Waals surface area contributed by atoms with Gasteiger partial charge in [-0.3, -0.25) is 0 Å². The maximum atomic E-state index is 12.9. The van der Waals surface area contributed by atoms with E-state index in [0.29, 0.717) is 21.4 Å². The highest BCUT2D eigenvalue weighted by Crippen LogP contribution is 2.23. The Hall–Kier alpha value is -2.39. The first-order valence-electron chi connectivity index (χ1n) is 5.62. The van der Waals surface area contributed by atoms with Crippen LogP contribution in [0.25, 0.3) is 0 Å². The number of anilines is 2. The highest BCUT2D eigenvalue weighted by Gasteiger charge is 2.07. The zero-order valence-electron chi connectivity index (χ0n) is 10.2. The molecule has 4 nitrogen and oxygen atoms in total. The zero-order valence-corrected chi connectivity index (χ0v) is 11.7. The summed E-state index contributed by atoms with van der Waals surface area (Å²) in [7, 11) is 0. The van der Waals surface area contributed by atoms with Gasteiger partial charge in [0.05, 0.1) is 17.3 Å². The molecule has 0 atom stereocenters. The van der Waals surface area contributed by atoms with Gasteiger partial charge in [0.15, 0.2) is 0 Å². The molecule has 2 N–H and O–H groups in total. The average molecular weight is 334 g/mol. The molecule has 0 aliphatic carbocycles. The Morgan fingerprint density at radius 2 is 2.00 bits per heavy atom. The number of carbonyl (C=O) groups is 1. The van der Waals surface area contributed by atoms with Crippen LogP contribution in [0.15, 0.2) is 46.9 Å². The Bertz CT molecular complexity index is 697. The molecule has 0 spiro atoms. The minimum Gasteiger partial charge on any atom is -0.308 e. The Labute approximate surface area is 123 Å². The fourth-order valence-electron chi connectivity index (χ4n) is 1.54. The van der Waals surface area contributed by atoms with Crippen LogP contribution >= 0.6 is 15.9 Å². The molecule has 0 unspecified atom stereocenters. The number of hydrogen-bond acceptors (Lipinski definition) is 2. The summed E-state index contributed by atoms with van der Waals surface area (Å²) in [5.41, 5.74) is 1.39. The molecule has 0 radical (unpaired) electrons. The second-order valence-electron chi connectivity index (χ2n) is 3.90. The van der Waals surface area contributed by atoms with Gasteiger partial charge < -0.3 is 10.6 Å². The lowest BCUT2D eigenvalue weighted by Gasteiger charge is -2.09. The topological polar surface area (TPSA) is 64.9 Å². The van der Waals surface area contributed by atoms with Gasteiger partial charge in [0.1, 0.15) is 5.82 Å². The second-order valence-corrected chi connectivity index (χ2v) is 4.75. The number of nitrogens with zero attached hydrogens (tertiary/aromatic N) is 1. The summed E-state index contributed by atoms with van der Waals surface area (Å²) < 4.78 is 13.4. The molecule has 2 amide bonds. The van der Waals surface area contributed by atoms with E-state index < -0.39 is 11.8 Å². The number of nitriles is 1. The van der Waals surface area contributed by atoms with Crippen LogP contribution in [0, 0.1) is 17.1 Å². The Morgan fingerprint density at radius 3 is 2.70 bits per heavy atom. The van der Waals surface area contributed by atoms with Crippen LogP contribution in [-0.4, -0.2) is 6.03 Å². The molecule has 0 saturated carbocycles. The van der Waals surface area contributed by atoms with Crippen LogP contribution in [-0.2, 0) is 0 Å². The van der Waals surface area contributed by atoms with Crippen molar-refractivity contribution >= 4 is 33.3 Å². The number of carbonyl (C=O) groups excluding carboxylic acids is 1. The normalized spacial score (nSPS) is 9.65. The van der Waals surface area contributed by atoms with Crippen molar-refractivity contribution in [2.24, 2.45) is 0 Å². The van der Waals surface area contributed by atoms with Gasteiger partial charge in [-0.1, -0.05) is 6.07 Å². The van der Waals surface area contributed by atoms with Crippen LogP contribution in [0.5, 0.6) is 0 Å². The van der Waals surface area contributed by atoms with E-state index in [9.17, 15) is 9.18 Å². The van der Waals surface area contributed by atoms with Crippen molar-refractivity contribution in [1.29, 1.82) is 5.26 Å². The summed E-state index contributed by atoms with van der Waals surface area (Å²) in [6.07, 6.45) is 0. The second kappa shape index (κ2) is 6.17.